The Morgan fingerprint density at radius 2 is 2.07 bits per heavy atom. The fraction of sp³-hybridized carbons (Fsp3) is 0.250. The van der Waals surface area contributed by atoms with Crippen LogP contribution in [0, 0.1) is 5.82 Å². The van der Waals surface area contributed by atoms with Gasteiger partial charge in [0.1, 0.15) is 24.0 Å². The number of hydrogen-bond donors (Lipinski definition) is 1. The Morgan fingerprint density at radius 3 is 2.82 bits per heavy atom. The summed E-state index contributed by atoms with van der Waals surface area (Å²) in [6, 6.07) is 10.6. The number of aromatic amines is 1. The molecule has 7 nitrogen and oxygen atoms in total. The van der Waals surface area contributed by atoms with Crippen LogP contribution >= 0.6 is 0 Å². The number of ether oxygens (including phenoxy) is 2. The fourth-order valence-corrected chi connectivity index (χ4v) is 2.72. The summed E-state index contributed by atoms with van der Waals surface area (Å²) in [5.41, 5.74) is 0.475. The van der Waals surface area contributed by atoms with Crippen LogP contribution in [-0.4, -0.2) is 48.1 Å². The van der Waals surface area contributed by atoms with E-state index in [9.17, 15) is 14.0 Å². The van der Waals surface area contributed by atoms with Gasteiger partial charge in [-0.1, -0.05) is 6.07 Å². The van der Waals surface area contributed by atoms with Crippen LogP contribution in [0.3, 0.4) is 0 Å². The number of carbonyl (C=O) groups excluding carboxylic acids is 1. The summed E-state index contributed by atoms with van der Waals surface area (Å²) in [4.78, 5) is 33.0. The second-order valence-corrected chi connectivity index (χ2v) is 6.28. The minimum Gasteiger partial charge on any atom is -0.492 e. The summed E-state index contributed by atoms with van der Waals surface area (Å²) in [5, 5.41) is 0.397. The van der Waals surface area contributed by atoms with E-state index in [1.165, 1.54) is 31.4 Å². The number of esters is 1. The summed E-state index contributed by atoms with van der Waals surface area (Å²) < 4.78 is 23.4. The van der Waals surface area contributed by atoms with Crippen LogP contribution < -0.4 is 10.3 Å². The summed E-state index contributed by atoms with van der Waals surface area (Å²) in [7, 11) is 3.15. The maximum atomic E-state index is 13.1. The van der Waals surface area contributed by atoms with Gasteiger partial charge in [0.25, 0.3) is 5.56 Å². The molecule has 0 spiro atoms. The molecule has 0 aliphatic heterocycles. The molecule has 0 radical (unpaired) electrons. The molecule has 3 rings (SSSR count). The number of rotatable bonds is 7. The van der Waals surface area contributed by atoms with Gasteiger partial charge in [-0.15, -0.1) is 0 Å². The number of hydrogen-bond acceptors (Lipinski definition) is 6. The van der Waals surface area contributed by atoms with Crippen molar-refractivity contribution < 1.29 is 18.7 Å². The molecule has 0 bridgehead atoms. The van der Waals surface area contributed by atoms with E-state index < -0.39 is 5.97 Å². The fourth-order valence-electron chi connectivity index (χ4n) is 2.72. The van der Waals surface area contributed by atoms with Crippen LogP contribution in [0.1, 0.15) is 16.2 Å². The molecule has 1 heterocycles. The maximum absolute atomic E-state index is 13.1. The lowest BCUT2D eigenvalue weighted by molar-refractivity contribution is 0.0601. The van der Waals surface area contributed by atoms with E-state index in [-0.39, 0.29) is 11.4 Å². The van der Waals surface area contributed by atoms with Crippen LogP contribution in [0.25, 0.3) is 10.9 Å². The van der Waals surface area contributed by atoms with E-state index in [0.29, 0.717) is 47.7 Å². The Kier molecular flexibility index (Phi) is 6.00. The summed E-state index contributed by atoms with van der Waals surface area (Å²) >= 11 is 0. The lowest BCUT2D eigenvalue weighted by atomic mass is 10.1. The highest BCUT2D eigenvalue weighted by molar-refractivity contribution is 5.93. The smallest absolute Gasteiger partial charge is 0.337 e. The van der Waals surface area contributed by atoms with Crippen LogP contribution in [0.4, 0.5) is 4.39 Å². The predicted octanol–water partition coefficient (Wildman–Crippen LogP) is 2.36. The average Bonchev–Trinajstić information content (AvgIpc) is 2.67. The number of H-pyrrole nitrogens is 1. The zero-order valence-electron chi connectivity index (χ0n) is 15.6. The number of aromatic nitrogens is 2. The van der Waals surface area contributed by atoms with Crippen molar-refractivity contribution in [1.29, 1.82) is 0 Å². The van der Waals surface area contributed by atoms with Crippen LogP contribution in [0.15, 0.2) is 47.3 Å². The molecule has 1 aromatic heterocycles. The minimum absolute atomic E-state index is 0.277. The number of nitrogens with zero attached hydrogens (tertiary/aromatic N) is 2. The van der Waals surface area contributed by atoms with Crippen molar-refractivity contribution in [2.45, 2.75) is 6.54 Å². The Morgan fingerprint density at radius 1 is 1.25 bits per heavy atom. The number of carbonyl (C=O) groups is 1. The van der Waals surface area contributed by atoms with Gasteiger partial charge in [-0.3, -0.25) is 9.69 Å². The number of methoxy groups -OCH3 is 1. The van der Waals surface area contributed by atoms with Gasteiger partial charge in [-0.05, 0) is 37.4 Å². The molecule has 0 aliphatic rings. The molecule has 0 atom stereocenters. The summed E-state index contributed by atoms with van der Waals surface area (Å²) in [5.74, 6) is 0.0843. The van der Waals surface area contributed by atoms with Crippen molar-refractivity contribution in [3.63, 3.8) is 0 Å². The molecule has 1 N–H and O–H groups in total. The first kappa shape index (κ1) is 19.5. The predicted molar refractivity (Wildman–Crippen MR) is 102 cm³/mol. The molecular formula is C20H20FN3O4. The second kappa shape index (κ2) is 8.62. The minimum atomic E-state index is -0.489. The topological polar surface area (TPSA) is 84.5 Å². The van der Waals surface area contributed by atoms with Gasteiger partial charge >= 0.3 is 5.97 Å². The molecule has 0 unspecified atom stereocenters. The molecular weight excluding hydrogens is 365 g/mol. The molecule has 0 saturated carbocycles. The van der Waals surface area contributed by atoms with Gasteiger partial charge < -0.3 is 14.5 Å². The van der Waals surface area contributed by atoms with Gasteiger partial charge in [0.05, 0.1) is 30.1 Å². The number of likely N-dealkylation sites (N-methyl/N-ethyl adjacent to an activating group) is 1. The molecule has 3 aromatic rings. The normalized spacial score (nSPS) is 11.0. The number of halogens is 1. The van der Waals surface area contributed by atoms with Crippen molar-refractivity contribution in [2.24, 2.45) is 0 Å². The molecule has 0 fully saturated rings. The highest BCUT2D eigenvalue weighted by Crippen LogP contribution is 2.13. The van der Waals surface area contributed by atoms with Crippen molar-refractivity contribution in [1.82, 2.24) is 14.9 Å². The lowest BCUT2D eigenvalue weighted by Crippen LogP contribution is -2.26. The van der Waals surface area contributed by atoms with Crippen LogP contribution in [0.2, 0.25) is 0 Å². The largest absolute Gasteiger partial charge is 0.492 e. The SMILES string of the molecule is COC(=O)c1ccc2c(=O)[nH]c(CN(C)CCOc3cccc(F)c3)nc2c1. The van der Waals surface area contributed by atoms with Crippen molar-refractivity contribution in [3.05, 3.63) is 70.0 Å². The standard InChI is InChI=1S/C20H20FN3O4/c1-24(8-9-28-15-5-3-4-14(21)11-15)12-18-22-17-10-13(20(26)27-2)6-7-16(17)19(25)23-18/h3-7,10-11H,8-9,12H2,1-2H3,(H,22,23,25). The quantitative estimate of drug-likeness (QED) is 0.629. The number of benzene rings is 2. The maximum Gasteiger partial charge on any atom is 0.337 e. The number of fused-ring (bicyclic) bond motifs is 1. The highest BCUT2D eigenvalue weighted by atomic mass is 19.1. The van der Waals surface area contributed by atoms with Gasteiger partial charge in [0.15, 0.2) is 0 Å². The Balaban J connectivity index is 1.67. The average molecular weight is 385 g/mol. The van der Waals surface area contributed by atoms with Crippen molar-refractivity contribution in [2.75, 3.05) is 27.3 Å². The van der Waals surface area contributed by atoms with E-state index in [0.717, 1.165) is 0 Å². The first-order valence-electron chi connectivity index (χ1n) is 8.64. The third-order valence-corrected chi connectivity index (χ3v) is 4.13. The van der Waals surface area contributed by atoms with E-state index in [1.807, 2.05) is 11.9 Å². The second-order valence-electron chi connectivity index (χ2n) is 6.28. The first-order chi connectivity index (χ1) is 13.5. The Bertz CT molecular complexity index is 1050. The Labute approximate surface area is 160 Å². The summed E-state index contributed by atoms with van der Waals surface area (Å²) in [6.45, 7) is 1.27. The van der Waals surface area contributed by atoms with Gasteiger partial charge in [-0.25, -0.2) is 14.2 Å². The van der Waals surface area contributed by atoms with Gasteiger partial charge in [0.2, 0.25) is 0 Å². The molecule has 146 valence electrons. The van der Waals surface area contributed by atoms with Crippen LogP contribution in [0.5, 0.6) is 5.75 Å². The molecule has 0 amide bonds. The molecule has 28 heavy (non-hydrogen) atoms. The van der Waals surface area contributed by atoms with Crippen molar-refractivity contribution >= 4 is 16.9 Å². The lowest BCUT2D eigenvalue weighted by Gasteiger charge is -2.16. The van der Waals surface area contributed by atoms with E-state index >= 15 is 0 Å². The van der Waals surface area contributed by atoms with Crippen molar-refractivity contribution in [3.8, 4) is 5.75 Å². The monoisotopic (exact) mass is 385 g/mol. The van der Waals surface area contributed by atoms with Gasteiger partial charge in [0, 0.05) is 12.6 Å². The van der Waals surface area contributed by atoms with E-state index in [1.54, 1.807) is 18.2 Å². The van der Waals surface area contributed by atoms with E-state index in [4.69, 9.17) is 9.47 Å². The zero-order valence-corrected chi connectivity index (χ0v) is 15.6. The molecule has 8 heteroatoms. The van der Waals surface area contributed by atoms with Gasteiger partial charge in [-0.2, -0.15) is 0 Å². The molecule has 0 aliphatic carbocycles. The van der Waals surface area contributed by atoms with Crippen LogP contribution in [-0.2, 0) is 11.3 Å². The zero-order chi connectivity index (χ0) is 20.1. The third kappa shape index (κ3) is 4.72. The van der Waals surface area contributed by atoms with E-state index in [2.05, 4.69) is 9.97 Å². The third-order valence-electron chi connectivity index (χ3n) is 4.13. The molecule has 0 saturated heterocycles. The summed E-state index contributed by atoms with van der Waals surface area (Å²) in [6.07, 6.45) is 0. The molecule has 2 aromatic carbocycles. The first-order valence-corrected chi connectivity index (χ1v) is 8.64. The highest BCUT2D eigenvalue weighted by Gasteiger charge is 2.11. The Hall–Kier alpha value is -3.26. The number of nitrogens with one attached hydrogen (secondary N) is 1.